The zero-order valence-electron chi connectivity index (χ0n) is 21.2. The van der Waals surface area contributed by atoms with Crippen LogP contribution in [-0.2, 0) is 23.3 Å². The van der Waals surface area contributed by atoms with Crippen LogP contribution in [0.4, 0.5) is 0 Å². The smallest absolute Gasteiger partial charge is 0.201 e. The second-order valence-corrected chi connectivity index (χ2v) is 11.6. The number of hydrogen-bond acceptors (Lipinski definition) is 0. The van der Waals surface area contributed by atoms with Gasteiger partial charge in [-0.25, -0.2) is 4.57 Å². The van der Waals surface area contributed by atoms with E-state index in [1.807, 2.05) is 0 Å². The zero-order chi connectivity index (χ0) is 23.2. The van der Waals surface area contributed by atoms with Gasteiger partial charge in [-0.05, 0) is 46.1 Å². The van der Waals surface area contributed by atoms with Crippen molar-refractivity contribution in [2.45, 2.75) is 78.6 Å². The predicted molar refractivity (Wildman–Crippen MR) is 134 cm³/mol. The first kappa shape index (κ1) is 23.3. The Morgan fingerprint density at radius 2 is 1.26 bits per heavy atom. The van der Waals surface area contributed by atoms with E-state index in [2.05, 4.69) is 135 Å². The average Bonchev–Trinajstić information content (AvgIpc) is 2.67. The fraction of sp³-hybridized carbons (Fsp3) is 0.433. The number of aryl methyl sites for hydroxylation is 2. The molecular formula is C30H40N+. The topological polar surface area (TPSA) is 3.88 Å². The summed E-state index contributed by atoms with van der Waals surface area (Å²) in [7, 11) is 2.18. The maximum atomic E-state index is 2.43. The highest BCUT2D eigenvalue weighted by atomic mass is 14.9. The number of rotatable bonds is 3. The Labute approximate surface area is 190 Å². The zero-order valence-corrected chi connectivity index (χ0v) is 21.2. The quantitative estimate of drug-likeness (QED) is 0.393. The molecule has 31 heavy (non-hydrogen) atoms. The van der Waals surface area contributed by atoms with Gasteiger partial charge in [0.05, 0.1) is 0 Å². The molecule has 0 spiro atoms. The minimum Gasteiger partial charge on any atom is -0.201 e. The van der Waals surface area contributed by atoms with Crippen LogP contribution >= 0.6 is 0 Å². The van der Waals surface area contributed by atoms with E-state index in [9.17, 15) is 0 Å². The molecule has 0 aliphatic heterocycles. The van der Waals surface area contributed by atoms with Gasteiger partial charge in [0.25, 0.3) is 0 Å². The van der Waals surface area contributed by atoms with Gasteiger partial charge < -0.3 is 0 Å². The number of nitrogens with zero attached hydrogens (tertiary/aromatic N) is 1. The molecule has 0 N–H and O–H groups in total. The molecule has 2 aromatic carbocycles. The summed E-state index contributed by atoms with van der Waals surface area (Å²) in [5.74, 6) is 0. The Kier molecular flexibility index (Phi) is 5.95. The summed E-state index contributed by atoms with van der Waals surface area (Å²) in [4.78, 5) is 0. The lowest BCUT2D eigenvalue weighted by atomic mass is 9.71. The van der Waals surface area contributed by atoms with E-state index in [1.54, 1.807) is 0 Å². The van der Waals surface area contributed by atoms with Gasteiger partial charge in [-0.3, -0.25) is 0 Å². The summed E-state index contributed by atoms with van der Waals surface area (Å²) >= 11 is 0. The fourth-order valence-corrected chi connectivity index (χ4v) is 4.46. The van der Waals surface area contributed by atoms with Gasteiger partial charge >= 0.3 is 0 Å². The van der Waals surface area contributed by atoms with E-state index >= 15 is 0 Å². The Balaban J connectivity index is 2.23. The molecule has 0 saturated heterocycles. The second kappa shape index (κ2) is 7.93. The van der Waals surface area contributed by atoms with Gasteiger partial charge in [-0.15, -0.1) is 0 Å². The molecule has 1 nitrogen and oxygen atoms in total. The third-order valence-electron chi connectivity index (χ3n) is 6.62. The van der Waals surface area contributed by atoms with E-state index in [0.717, 1.165) is 0 Å². The van der Waals surface area contributed by atoms with Gasteiger partial charge in [-0.2, -0.15) is 0 Å². The van der Waals surface area contributed by atoms with Crippen LogP contribution in [0, 0.1) is 6.92 Å². The first-order valence-corrected chi connectivity index (χ1v) is 11.4. The Bertz CT molecular complexity index is 1070. The van der Waals surface area contributed by atoms with Crippen LogP contribution in [0.15, 0.2) is 60.8 Å². The normalized spacial score (nSPS) is 12.8. The molecule has 1 heterocycles. The van der Waals surface area contributed by atoms with Gasteiger partial charge in [0.15, 0.2) is 6.20 Å². The van der Waals surface area contributed by atoms with Gasteiger partial charge in [0, 0.05) is 22.6 Å². The first-order valence-electron chi connectivity index (χ1n) is 11.4. The lowest BCUT2D eigenvalue weighted by Crippen LogP contribution is -2.37. The maximum Gasteiger partial charge on any atom is 0.212 e. The first-order chi connectivity index (χ1) is 14.2. The van der Waals surface area contributed by atoms with E-state index < -0.39 is 0 Å². The van der Waals surface area contributed by atoms with Gasteiger partial charge in [-0.1, -0.05) is 97.9 Å². The van der Waals surface area contributed by atoms with E-state index in [1.165, 1.54) is 39.1 Å². The molecule has 0 atom stereocenters. The minimum absolute atomic E-state index is 0.0453. The minimum atomic E-state index is -0.0781. The number of pyridine rings is 1. The van der Waals surface area contributed by atoms with Crippen LogP contribution in [0.25, 0.3) is 11.3 Å². The monoisotopic (exact) mass is 414 g/mol. The van der Waals surface area contributed by atoms with Crippen molar-refractivity contribution < 1.29 is 4.57 Å². The summed E-state index contributed by atoms with van der Waals surface area (Å²) in [6.07, 6.45) is 2.36. The van der Waals surface area contributed by atoms with Crippen molar-refractivity contribution >= 4 is 0 Å². The van der Waals surface area contributed by atoms with Crippen molar-refractivity contribution in [2.75, 3.05) is 0 Å². The molecule has 0 unspecified atom stereocenters. The molecule has 0 saturated carbocycles. The van der Waals surface area contributed by atoms with E-state index in [0.29, 0.717) is 0 Å². The third-order valence-corrected chi connectivity index (χ3v) is 6.62. The van der Waals surface area contributed by atoms with Crippen molar-refractivity contribution in [3.63, 3.8) is 0 Å². The van der Waals surface area contributed by atoms with Crippen LogP contribution in [0.3, 0.4) is 0 Å². The molecule has 0 bridgehead atoms. The fourth-order valence-electron chi connectivity index (χ4n) is 4.46. The van der Waals surface area contributed by atoms with Crippen molar-refractivity contribution in [1.82, 2.24) is 0 Å². The molecule has 1 heteroatoms. The summed E-state index contributed by atoms with van der Waals surface area (Å²) in [6.45, 7) is 20.7. The molecular weight excluding hydrogens is 374 g/mol. The lowest BCUT2D eigenvalue weighted by molar-refractivity contribution is -0.661. The van der Waals surface area contributed by atoms with Crippen LogP contribution in [0.1, 0.15) is 83.2 Å². The molecule has 0 amide bonds. The van der Waals surface area contributed by atoms with E-state index in [-0.39, 0.29) is 16.2 Å². The Morgan fingerprint density at radius 1 is 0.645 bits per heavy atom. The lowest BCUT2D eigenvalue weighted by Gasteiger charge is -2.32. The second-order valence-electron chi connectivity index (χ2n) is 11.6. The predicted octanol–water partition coefficient (Wildman–Crippen LogP) is 7.41. The Morgan fingerprint density at radius 3 is 1.77 bits per heavy atom. The summed E-state index contributed by atoms with van der Waals surface area (Å²) in [5, 5.41) is 0. The number of hydrogen-bond donors (Lipinski definition) is 0. The number of benzene rings is 2. The highest BCUT2D eigenvalue weighted by molar-refractivity contribution is 5.64. The van der Waals surface area contributed by atoms with Gasteiger partial charge in [0.2, 0.25) is 5.69 Å². The molecule has 0 fully saturated rings. The van der Waals surface area contributed by atoms with Crippen molar-refractivity contribution in [3.05, 3.63) is 88.6 Å². The summed E-state index contributed by atoms with van der Waals surface area (Å²) in [5.41, 5.74) is 9.57. The van der Waals surface area contributed by atoms with Crippen LogP contribution in [0.2, 0.25) is 0 Å². The molecule has 3 rings (SSSR count). The van der Waals surface area contributed by atoms with Crippen LogP contribution < -0.4 is 4.57 Å². The summed E-state index contributed by atoms with van der Waals surface area (Å²) in [6, 6.07) is 20.3. The van der Waals surface area contributed by atoms with Crippen molar-refractivity contribution in [1.29, 1.82) is 0 Å². The van der Waals surface area contributed by atoms with Crippen molar-refractivity contribution in [3.8, 4) is 11.3 Å². The Hall–Kier alpha value is -2.41. The largest absolute Gasteiger partial charge is 0.212 e. The highest BCUT2D eigenvalue weighted by Crippen LogP contribution is 2.39. The maximum absolute atomic E-state index is 2.43. The number of aromatic nitrogens is 1. The van der Waals surface area contributed by atoms with E-state index in [4.69, 9.17) is 0 Å². The van der Waals surface area contributed by atoms with Crippen molar-refractivity contribution in [2.24, 2.45) is 7.05 Å². The molecule has 0 radical (unpaired) electrons. The third kappa shape index (κ3) is 4.61. The molecule has 3 aromatic rings. The molecule has 0 aliphatic rings. The average molecular weight is 415 g/mol. The molecule has 1 aromatic heterocycles. The molecule has 0 aliphatic carbocycles. The molecule has 164 valence electrons. The van der Waals surface area contributed by atoms with Crippen LogP contribution in [0.5, 0.6) is 0 Å². The van der Waals surface area contributed by atoms with Crippen LogP contribution in [-0.4, -0.2) is 0 Å². The van der Waals surface area contributed by atoms with Gasteiger partial charge in [0.1, 0.15) is 7.05 Å². The SMILES string of the molecule is Cc1cc(C(C)(C)C)ccc1-c1cc(C(C)(C)C)c(C(C)(C)c2ccccc2)c[n+]1C. The standard InChI is InChI=1S/C30H40N/c1-21-18-23(28(2,3)4)16-17-24(21)27-19-25(29(5,6)7)26(20-31(27)10)30(8,9)22-14-12-11-13-15-22/h11-20H,1-10H3/q+1. The highest BCUT2D eigenvalue weighted by Gasteiger charge is 2.34. The summed E-state index contributed by atoms with van der Waals surface area (Å²) < 4.78 is 2.31.